The first-order valence-electron chi connectivity index (χ1n) is 8.84. The Morgan fingerprint density at radius 1 is 1.17 bits per heavy atom. The Labute approximate surface area is 172 Å². The number of aliphatic imine (C=N–C) groups is 1. The van der Waals surface area contributed by atoms with E-state index in [0.717, 1.165) is 11.8 Å². The Hall–Kier alpha value is -3.39. The van der Waals surface area contributed by atoms with Gasteiger partial charge in [-0.15, -0.1) is 6.58 Å². The standard InChI is InChI=1S/C21H19N3O4S/c1-2-12-24-19(26)17(13-18(25)22-14-8-4-3-5-9-14)29-21(24)23-16-11-7-6-10-15(16)20(27)28/h2-11,17H,1,12-13H2,(H,22,25)(H,27,28). The molecule has 1 heterocycles. The van der Waals surface area contributed by atoms with Crippen LogP contribution in [0.3, 0.4) is 0 Å². The van der Waals surface area contributed by atoms with Gasteiger partial charge < -0.3 is 10.4 Å². The lowest BCUT2D eigenvalue weighted by atomic mass is 10.2. The summed E-state index contributed by atoms with van der Waals surface area (Å²) >= 11 is 1.15. The number of thioether (sulfide) groups is 1. The van der Waals surface area contributed by atoms with Crippen LogP contribution in [0.25, 0.3) is 0 Å². The molecule has 148 valence electrons. The summed E-state index contributed by atoms with van der Waals surface area (Å²) in [7, 11) is 0. The lowest BCUT2D eigenvalue weighted by Crippen LogP contribution is -2.33. The van der Waals surface area contributed by atoms with Gasteiger partial charge in [0.2, 0.25) is 11.8 Å². The third-order valence-electron chi connectivity index (χ3n) is 4.11. The summed E-state index contributed by atoms with van der Waals surface area (Å²) in [5.74, 6) is -1.65. The molecule has 2 amide bonds. The van der Waals surface area contributed by atoms with Crippen molar-refractivity contribution in [3.05, 3.63) is 72.8 Å². The molecule has 2 aromatic rings. The molecule has 0 spiro atoms. The number of carbonyl (C=O) groups is 3. The number of hydrogen-bond donors (Lipinski definition) is 2. The molecule has 1 aliphatic heterocycles. The van der Waals surface area contributed by atoms with E-state index in [4.69, 9.17) is 0 Å². The summed E-state index contributed by atoms with van der Waals surface area (Å²) < 4.78 is 0. The summed E-state index contributed by atoms with van der Waals surface area (Å²) in [4.78, 5) is 42.4. The van der Waals surface area contributed by atoms with E-state index in [1.54, 1.807) is 36.4 Å². The van der Waals surface area contributed by atoms with Gasteiger partial charge in [-0.25, -0.2) is 9.79 Å². The lowest BCUT2D eigenvalue weighted by molar-refractivity contribution is -0.127. The van der Waals surface area contributed by atoms with Crippen LogP contribution in [0.2, 0.25) is 0 Å². The van der Waals surface area contributed by atoms with Crippen LogP contribution < -0.4 is 5.32 Å². The number of benzene rings is 2. The number of carboxylic acid groups (broad SMARTS) is 1. The highest BCUT2D eigenvalue weighted by Crippen LogP contribution is 2.32. The molecule has 8 heteroatoms. The van der Waals surface area contributed by atoms with E-state index in [0.29, 0.717) is 10.9 Å². The van der Waals surface area contributed by atoms with E-state index in [1.807, 2.05) is 18.2 Å². The van der Waals surface area contributed by atoms with E-state index in [2.05, 4.69) is 16.9 Å². The highest BCUT2D eigenvalue weighted by atomic mass is 32.2. The monoisotopic (exact) mass is 409 g/mol. The maximum atomic E-state index is 12.8. The minimum atomic E-state index is -1.10. The van der Waals surface area contributed by atoms with Crippen molar-refractivity contribution in [2.45, 2.75) is 11.7 Å². The van der Waals surface area contributed by atoms with Crippen molar-refractivity contribution < 1.29 is 19.5 Å². The summed E-state index contributed by atoms with van der Waals surface area (Å²) in [5, 5.41) is 11.8. The molecule has 1 unspecified atom stereocenters. The molecule has 0 radical (unpaired) electrons. The largest absolute Gasteiger partial charge is 0.478 e. The zero-order chi connectivity index (χ0) is 20.8. The van der Waals surface area contributed by atoms with Gasteiger partial charge in [0.05, 0.1) is 11.3 Å². The molecule has 1 fully saturated rings. The van der Waals surface area contributed by atoms with Crippen molar-refractivity contribution in [3.63, 3.8) is 0 Å². The number of nitrogens with one attached hydrogen (secondary N) is 1. The average Bonchev–Trinajstić information content (AvgIpc) is 2.98. The highest BCUT2D eigenvalue weighted by Gasteiger charge is 2.38. The molecule has 1 atom stereocenters. The van der Waals surface area contributed by atoms with Crippen molar-refractivity contribution in [2.75, 3.05) is 11.9 Å². The average molecular weight is 409 g/mol. The Morgan fingerprint density at radius 2 is 1.86 bits per heavy atom. The van der Waals surface area contributed by atoms with Crippen LogP contribution in [-0.4, -0.2) is 44.8 Å². The van der Waals surface area contributed by atoms with Crippen molar-refractivity contribution in [2.24, 2.45) is 4.99 Å². The number of amides is 2. The Balaban J connectivity index is 1.80. The SMILES string of the molecule is C=CCN1C(=O)C(CC(=O)Nc2ccccc2)SC1=Nc1ccccc1C(=O)O. The van der Waals surface area contributed by atoms with Crippen molar-refractivity contribution >= 4 is 46.1 Å². The van der Waals surface area contributed by atoms with Gasteiger partial charge in [0.1, 0.15) is 5.25 Å². The molecule has 0 aromatic heterocycles. The van der Waals surface area contributed by atoms with E-state index in [1.165, 1.54) is 11.0 Å². The molecule has 0 saturated carbocycles. The van der Waals surface area contributed by atoms with Gasteiger partial charge in [0.25, 0.3) is 0 Å². The fourth-order valence-corrected chi connectivity index (χ4v) is 3.94. The van der Waals surface area contributed by atoms with Gasteiger partial charge in [-0.1, -0.05) is 48.2 Å². The van der Waals surface area contributed by atoms with Crippen molar-refractivity contribution in [1.82, 2.24) is 4.90 Å². The van der Waals surface area contributed by atoms with Crippen LogP contribution in [-0.2, 0) is 9.59 Å². The molecule has 0 aliphatic carbocycles. The number of hydrogen-bond acceptors (Lipinski definition) is 5. The molecular weight excluding hydrogens is 390 g/mol. The molecule has 1 saturated heterocycles. The normalized spacial score (nSPS) is 17.4. The lowest BCUT2D eigenvalue weighted by Gasteiger charge is -2.14. The molecule has 2 aromatic carbocycles. The van der Waals surface area contributed by atoms with Crippen LogP contribution >= 0.6 is 11.8 Å². The fourth-order valence-electron chi connectivity index (χ4n) is 2.78. The van der Waals surface area contributed by atoms with E-state index < -0.39 is 11.2 Å². The smallest absolute Gasteiger partial charge is 0.337 e. The number of anilines is 1. The zero-order valence-electron chi connectivity index (χ0n) is 15.4. The molecular formula is C21H19N3O4S. The molecule has 0 bridgehead atoms. The van der Waals surface area contributed by atoms with Gasteiger partial charge in [0.15, 0.2) is 5.17 Å². The highest BCUT2D eigenvalue weighted by molar-refractivity contribution is 8.15. The summed E-state index contributed by atoms with van der Waals surface area (Å²) in [6.07, 6.45) is 1.54. The first-order chi connectivity index (χ1) is 14.0. The number of para-hydroxylation sites is 2. The fraction of sp³-hybridized carbons (Fsp3) is 0.143. The van der Waals surface area contributed by atoms with Gasteiger partial charge in [-0.3, -0.25) is 14.5 Å². The van der Waals surface area contributed by atoms with E-state index >= 15 is 0 Å². The Bertz CT molecular complexity index is 975. The second kappa shape index (κ2) is 9.20. The number of aromatic carboxylic acids is 1. The van der Waals surface area contributed by atoms with Crippen molar-refractivity contribution in [1.29, 1.82) is 0 Å². The van der Waals surface area contributed by atoms with E-state index in [-0.39, 0.29) is 36.0 Å². The van der Waals surface area contributed by atoms with Gasteiger partial charge in [-0.2, -0.15) is 0 Å². The predicted molar refractivity (Wildman–Crippen MR) is 113 cm³/mol. The number of amidine groups is 1. The van der Waals surface area contributed by atoms with E-state index in [9.17, 15) is 19.5 Å². The van der Waals surface area contributed by atoms with Gasteiger partial charge in [0, 0.05) is 18.7 Å². The van der Waals surface area contributed by atoms with Crippen LogP contribution in [0.1, 0.15) is 16.8 Å². The quantitative estimate of drug-likeness (QED) is 0.682. The minimum Gasteiger partial charge on any atom is -0.478 e. The third-order valence-corrected chi connectivity index (χ3v) is 5.29. The number of rotatable bonds is 7. The molecule has 3 rings (SSSR count). The number of carboxylic acids is 1. The molecule has 7 nitrogen and oxygen atoms in total. The summed E-state index contributed by atoms with van der Waals surface area (Å²) in [6, 6.07) is 15.3. The van der Waals surface area contributed by atoms with Crippen molar-refractivity contribution in [3.8, 4) is 0 Å². The Morgan fingerprint density at radius 3 is 2.55 bits per heavy atom. The zero-order valence-corrected chi connectivity index (χ0v) is 16.3. The minimum absolute atomic E-state index is 0.0222. The Kier molecular flexibility index (Phi) is 6.46. The molecule has 1 aliphatic rings. The maximum absolute atomic E-state index is 12.8. The second-order valence-electron chi connectivity index (χ2n) is 6.18. The van der Waals surface area contributed by atoms with Crippen LogP contribution in [0.4, 0.5) is 11.4 Å². The topological polar surface area (TPSA) is 99.1 Å². The first-order valence-corrected chi connectivity index (χ1v) is 9.72. The van der Waals surface area contributed by atoms with Crippen LogP contribution in [0.15, 0.2) is 72.2 Å². The second-order valence-corrected chi connectivity index (χ2v) is 7.35. The van der Waals surface area contributed by atoms with Crippen LogP contribution in [0, 0.1) is 0 Å². The van der Waals surface area contributed by atoms with Gasteiger partial charge >= 0.3 is 5.97 Å². The molecule has 29 heavy (non-hydrogen) atoms. The number of nitrogens with zero attached hydrogens (tertiary/aromatic N) is 2. The molecule has 2 N–H and O–H groups in total. The van der Waals surface area contributed by atoms with Crippen LogP contribution in [0.5, 0.6) is 0 Å². The van der Waals surface area contributed by atoms with Gasteiger partial charge in [-0.05, 0) is 24.3 Å². The third kappa shape index (κ3) is 4.91. The number of carbonyl (C=O) groups excluding carboxylic acids is 2. The predicted octanol–water partition coefficient (Wildman–Crippen LogP) is 3.53. The maximum Gasteiger partial charge on any atom is 0.337 e. The first kappa shape index (κ1) is 20.3. The summed E-state index contributed by atoms with van der Waals surface area (Å²) in [6.45, 7) is 3.88. The summed E-state index contributed by atoms with van der Waals surface area (Å²) in [5.41, 5.74) is 0.941.